The van der Waals surface area contributed by atoms with E-state index in [1.165, 1.54) is 0 Å². The van der Waals surface area contributed by atoms with Crippen LogP contribution in [0.3, 0.4) is 0 Å². The van der Waals surface area contributed by atoms with E-state index in [1.807, 2.05) is 39.8 Å². The number of rotatable bonds is 6. The van der Waals surface area contributed by atoms with E-state index in [2.05, 4.69) is 10.6 Å². The Bertz CT molecular complexity index is 693. The maximum absolute atomic E-state index is 12.1. The third-order valence-electron chi connectivity index (χ3n) is 3.67. The fraction of sp³-hybridized carbons (Fsp3) is 0.333. The number of benzene rings is 2. The second kappa shape index (κ2) is 8.58. The van der Waals surface area contributed by atoms with E-state index in [0.717, 1.165) is 0 Å². The molecule has 6 heteroatoms. The Balaban J connectivity index is 1.88. The van der Waals surface area contributed by atoms with Gasteiger partial charge in [0.2, 0.25) is 0 Å². The first-order valence-corrected chi connectivity index (χ1v) is 8.75. The third kappa shape index (κ3) is 7.40. The van der Waals surface area contributed by atoms with E-state index >= 15 is 0 Å². The van der Waals surface area contributed by atoms with Gasteiger partial charge in [-0.3, -0.25) is 0 Å². The summed E-state index contributed by atoms with van der Waals surface area (Å²) in [5.74, 6) is 0.934. The predicted molar refractivity (Wildman–Crippen MR) is 104 cm³/mol. The Labute approximate surface area is 159 Å². The van der Waals surface area contributed by atoms with Crippen molar-refractivity contribution in [1.82, 2.24) is 10.6 Å². The second-order valence-corrected chi connectivity index (χ2v) is 7.60. The van der Waals surface area contributed by atoms with Gasteiger partial charge in [-0.05, 0) is 58.4 Å². The van der Waals surface area contributed by atoms with Gasteiger partial charge >= 0.3 is 12.2 Å². The van der Waals surface area contributed by atoms with E-state index in [-0.39, 0.29) is 0 Å². The number of ether oxygens (including phenoxy) is 2. The summed E-state index contributed by atoms with van der Waals surface area (Å²) in [5, 5.41) is 5.66. The second-order valence-electron chi connectivity index (χ2n) is 7.60. The molecule has 2 rings (SSSR count). The zero-order chi connectivity index (χ0) is 19.9. The summed E-state index contributed by atoms with van der Waals surface area (Å²) in [6, 6.07) is 17.7. The molecule has 2 amide bonds. The summed E-state index contributed by atoms with van der Waals surface area (Å²) in [6.07, 6.45) is -0.629. The van der Waals surface area contributed by atoms with Gasteiger partial charge in [-0.1, -0.05) is 36.4 Å². The molecule has 0 aliphatic rings. The monoisotopic (exact) mass is 370 g/mol. The molecule has 0 aliphatic heterocycles. The number of carbonyl (C=O) groups excluding carboxylic acids is 2. The lowest BCUT2D eigenvalue weighted by Crippen LogP contribution is -2.54. The van der Waals surface area contributed by atoms with Crippen LogP contribution in [0.2, 0.25) is 0 Å². The average molecular weight is 370 g/mol. The van der Waals surface area contributed by atoms with Crippen LogP contribution in [-0.4, -0.2) is 23.3 Å². The Hall–Kier alpha value is -3.02. The van der Waals surface area contributed by atoms with E-state index in [1.54, 1.807) is 48.5 Å². The molecule has 0 radical (unpaired) electrons. The number of nitrogens with one attached hydrogen (secondary N) is 2. The molecule has 0 saturated carbocycles. The molecule has 0 spiro atoms. The normalized spacial score (nSPS) is 11.4. The van der Waals surface area contributed by atoms with Gasteiger partial charge in [-0.2, -0.15) is 0 Å². The molecule has 2 N–H and O–H groups in total. The van der Waals surface area contributed by atoms with Crippen molar-refractivity contribution < 1.29 is 19.1 Å². The first-order chi connectivity index (χ1) is 12.7. The van der Waals surface area contributed by atoms with Crippen molar-refractivity contribution in [3.05, 3.63) is 60.7 Å². The summed E-state index contributed by atoms with van der Waals surface area (Å²) in [7, 11) is 0. The number of hydrogen-bond donors (Lipinski definition) is 2. The maximum Gasteiger partial charge on any atom is 0.413 e. The molecular formula is C21H26N2O4. The minimum atomic E-state index is -0.616. The van der Waals surface area contributed by atoms with Crippen molar-refractivity contribution in [1.29, 1.82) is 0 Å². The molecule has 0 bridgehead atoms. The summed E-state index contributed by atoms with van der Waals surface area (Å²) in [5.41, 5.74) is -1.23. The fourth-order valence-electron chi connectivity index (χ4n) is 2.99. The van der Waals surface area contributed by atoms with Gasteiger partial charge in [0, 0.05) is 11.1 Å². The van der Waals surface area contributed by atoms with Crippen molar-refractivity contribution >= 4 is 12.2 Å². The molecule has 27 heavy (non-hydrogen) atoms. The molecule has 0 saturated heterocycles. The largest absolute Gasteiger partial charge is 0.413 e. The van der Waals surface area contributed by atoms with Crippen LogP contribution in [0.15, 0.2) is 60.7 Å². The van der Waals surface area contributed by atoms with Gasteiger partial charge in [0.25, 0.3) is 0 Å². The summed E-state index contributed by atoms with van der Waals surface area (Å²) >= 11 is 0. The molecular weight excluding hydrogens is 344 g/mol. The molecule has 0 unspecified atom stereocenters. The minimum Gasteiger partial charge on any atom is -0.410 e. The molecule has 144 valence electrons. The summed E-state index contributed by atoms with van der Waals surface area (Å²) in [4.78, 5) is 24.3. The van der Waals surface area contributed by atoms with Gasteiger partial charge in [0.05, 0.1) is 0 Å². The Morgan fingerprint density at radius 1 is 0.704 bits per heavy atom. The third-order valence-corrected chi connectivity index (χ3v) is 3.67. The predicted octanol–water partition coefficient (Wildman–Crippen LogP) is 4.51. The van der Waals surface area contributed by atoms with Crippen LogP contribution in [0.25, 0.3) is 0 Å². The summed E-state index contributed by atoms with van der Waals surface area (Å²) in [6.45, 7) is 7.47. The quantitative estimate of drug-likeness (QED) is 0.784. The van der Waals surface area contributed by atoms with Crippen LogP contribution in [0.4, 0.5) is 9.59 Å². The maximum atomic E-state index is 12.1. The van der Waals surface area contributed by atoms with Crippen molar-refractivity contribution in [2.24, 2.45) is 0 Å². The lowest BCUT2D eigenvalue weighted by atomic mass is 9.87. The van der Waals surface area contributed by atoms with Crippen molar-refractivity contribution in [2.75, 3.05) is 0 Å². The highest BCUT2D eigenvalue weighted by Gasteiger charge is 2.32. The SMILES string of the molecule is CC(C)(CC(C)(C)NC(=O)Oc1ccccc1)NC(=O)Oc1ccccc1. The molecule has 2 aromatic rings. The lowest BCUT2D eigenvalue weighted by molar-refractivity contribution is 0.168. The first kappa shape index (κ1) is 20.3. The van der Waals surface area contributed by atoms with E-state index in [4.69, 9.17) is 9.47 Å². The van der Waals surface area contributed by atoms with Gasteiger partial charge in [0.1, 0.15) is 11.5 Å². The highest BCUT2D eigenvalue weighted by molar-refractivity contribution is 5.72. The van der Waals surface area contributed by atoms with Gasteiger partial charge in [-0.25, -0.2) is 9.59 Å². The molecule has 0 aliphatic carbocycles. The van der Waals surface area contributed by atoms with Gasteiger partial charge in [0.15, 0.2) is 0 Å². The fourth-order valence-corrected chi connectivity index (χ4v) is 2.99. The number of carbonyl (C=O) groups is 2. The lowest BCUT2D eigenvalue weighted by Gasteiger charge is -2.35. The summed E-state index contributed by atoms with van der Waals surface area (Å²) < 4.78 is 10.5. The van der Waals surface area contributed by atoms with Gasteiger partial charge < -0.3 is 20.1 Å². The van der Waals surface area contributed by atoms with Crippen LogP contribution < -0.4 is 20.1 Å². The Morgan fingerprint density at radius 2 is 1.04 bits per heavy atom. The Morgan fingerprint density at radius 3 is 1.37 bits per heavy atom. The number of amides is 2. The van der Waals surface area contributed by atoms with Crippen molar-refractivity contribution in [3.8, 4) is 11.5 Å². The van der Waals surface area contributed by atoms with Crippen molar-refractivity contribution in [3.63, 3.8) is 0 Å². The molecule has 0 heterocycles. The van der Waals surface area contributed by atoms with Gasteiger partial charge in [-0.15, -0.1) is 0 Å². The number of para-hydroxylation sites is 2. The van der Waals surface area contributed by atoms with Crippen LogP contribution in [0.1, 0.15) is 34.1 Å². The van der Waals surface area contributed by atoms with Crippen LogP contribution in [-0.2, 0) is 0 Å². The zero-order valence-electron chi connectivity index (χ0n) is 16.1. The smallest absolute Gasteiger partial charge is 0.410 e. The molecule has 6 nitrogen and oxygen atoms in total. The van der Waals surface area contributed by atoms with Crippen molar-refractivity contribution in [2.45, 2.75) is 45.2 Å². The molecule has 2 aromatic carbocycles. The topological polar surface area (TPSA) is 76.7 Å². The van der Waals surface area contributed by atoms with Crippen LogP contribution in [0.5, 0.6) is 11.5 Å². The molecule has 0 aromatic heterocycles. The molecule has 0 atom stereocenters. The minimum absolute atomic E-state index is 0.466. The van der Waals surface area contributed by atoms with Crippen LogP contribution in [0, 0.1) is 0 Å². The highest BCUT2D eigenvalue weighted by Crippen LogP contribution is 2.21. The Kier molecular flexibility index (Phi) is 6.45. The average Bonchev–Trinajstić information content (AvgIpc) is 2.54. The number of hydrogen-bond acceptors (Lipinski definition) is 4. The first-order valence-electron chi connectivity index (χ1n) is 8.75. The van der Waals surface area contributed by atoms with E-state index in [0.29, 0.717) is 17.9 Å². The van der Waals surface area contributed by atoms with E-state index in [9.17, 15) is 9.59 Å². The van der Waals surface area contributed by atoms with E-state index < -0.39 is 23.3 Å². The van der Waals surface area contributed by atoms with Crippen LogP contribution >= 0.6 is 0 Å². The zero-order valence-corrected chi connectivity index (χ0v) is 16.1. The highest BCUT2D eigenvalue weighted by atomic mass is 16.6. The standard InChI is InChI=1S/C21H26N2O4/c1-20(2,22-18(24)26-16-11-7-5-8-12-16)15-21(3,4)23-19(25)27-17-13-9-6-10-14-17/h5-14H,15H2,1-4H3,(H,22,24)(H,23,25). The molecule has 0 fully saturated rings.